The summed E-state index contributed by atoms with van der Waals surface area (Å²) in [5.74, 6) is 0. The Labute approximate surface area is 299 Å². The molecule has 0 unspecified atom stereocenters. The van der Waals surface area contributed by atoms with Crippen LogP contribution in [-0.4, -0.2) is 4.57 Å². The SMILES string of the molecule is [C-]#[N+]c1ccc2c(c1)c1cc(-c3ccc4cc(-c5cc6ccccc6c6c5oc5cc7ccccc7cc56)ccc4c3)ccc1n2-c1ccccc1. The molecule has 0 saturated carbocycles. The minimum atomic E-state index is 0.645. The van der Waals surface area contributed by atoms with Crippen LogP contribution in [0.4, 0.5) is 5.69 Å². The summed E-state index contributed by atoms with van der Waals surface area (Å²) in [7, 11) is 0. The predicted octanol–water partition coefficient (Wildman–Crippen LogP) is 14.0. The molecule has 0 atom stereocenters. The molecule has 2 aromatic heterocycles. The molecule has 0 fully saturated rings. The summed E-state index contributed by atoms with van der Waals surface area (Å²) in [6, 6.07) is 60.4. The third-order valence-electron chi connectivity index (χ3n) is 10.7. The third kappa shape index (κ3) is 4.25. The minimum Gasteiger partial charge on any atom is -0.455 e. The summed E-state index contributed by atoms with van der Waals surface area (Å²) in [6.45, 7) is 7.66. The Kier molecular flexibility index (Phi) is 6.02. The molecule has 0 aliphatic carbocycles. The summed E-state index contributed by atoms with van der Waals surface area (Å²) in [5.41, 5.74) is 10.3. The quantitative estimate of drug-likeness (QED) is 0.173. The van der Waals surface area contributed by atoms with E-state index < -0.39 is 0 Å². The molecule has 0 amide bonds. The second-order valence-corrected chi connectivity index (χ2v) is 13.6. The fraction of sp³-hybridized carbons (Fsp3) is 0. The lowest BCUT2D eigenvalue weighted by molar-refractivity contribution is 0.671. The Bertz CT molecular complexity index is 3300. The zero-order chi connectivity index (χ0) is 34.3. The van der Waals surface area contributed by atoms with E-state index in [-0.39, 0.29) is 0 Å². The molecule has 0 radical (unpaired) electrons. The average Bonchev–Trinajstić information content (AvgIpc) is 3.74. The van der Waals surface area contributed by atoms with Crippen LogP contribution in [0.1, 0.15) is 0 Å². The molecule has 3 heteroatoms. The Morgan fingerprint density at radius 3 is 1.87 bits per heavy atom. The van der Waals surface area contributed by atoms with E-state index in [1.807, 2.05) is 18.2 Å². The van der Waals surface area contributed by atoms with E-state index >= 15 is 0 Å². The topological polar surface area (TPSA) is 22.4 Å². The molecule has 0 saturated heterocycles. The van der Waals surface area contributed by atoms with Gasteiger partial charge in [-0.25, -0.2) is 4.85 Å². The van der Waals surface area contributed by atoms with Gasteiger partial charge in [-0.3, -0.25) is 0 Å². The van der Waals surface area contributed by atoms with Crippen molar-refractivity contribution in [1.29, 1.82) is 0 Å². The van der Waals surface area contributed by atoms with Crippen molar-refractivity contribution in [1.82, 2.24) is 4.57 Å². The van der Waals surface area contributed by atoms with Crippen LogP contribution in [0, 0.1) is 6.57 Å². The molecule has 240 valence electrons. The highest BCUT2D eigenvalue weighted by molar-refractivity contribution is 6.24. The number of fused-ring (bicyclic) bond motifs is 10. The first-order chi connectivity index (χ1) is 25.7. The lowest BCUT2D eigenvalue weighted by atomic mass is 9.93. The van der Waals surface area contributed by atoms with Gasteiger partial charge in [0.05, 0.1) is 17.6 Å². The van der Waals surface area contributed by atoms with E-state index in [9.17, 15) is 0 Å². The van der Waals surface area contributed by atoms with Gasteiger partial charge in [0.1, 0.15) is 11.2 Å². The molecular weight excluding hydrogens is 633 g/mol. The average molecular weight is 661 g/mol. The summed E-state index contributed by atoms with van der Waals surface area (Å²) in [6.07, 6.45) is 0. The van der Waals surface area contributed by atoms with Crippen LogP contribution in [0.5, 0.6) is 0 Å². The maximum atomic E-state index is 7.66. The normalized spacial score (nSPS) is 11.8. The zero-order valence-corrected chi connectivity index (χ0v) is 28.0. The number of benzene rings is 9. The molecular formula is C49H28N2O. The molecule has 11 rings (SSSR count). The van der Waals surface area contributed by atoms with Crippen LogP contribution in [0.15, 0.2) is 174 Å². The molecule has 52 heavy (non-hydrogen) atoms. The summed E-state index contributed by atoms with van der Waals surface area (Å²) in [4.78, 5) is 3.74. The molecule has 2 heterocycles. The summed E-state index contributed by atoms with van der Waals surface area (Å²) in [5, 5.41) is 11.7. The first-order valence-electron chi connectivity index (χ1n) is 17.5. The number of aromatic nitrogens is 1. The molecule has 0 spiro atoms. The van der Waals surface area contributed by atoms with E-state index in [0.29, 0.717) is 5.69 Å². The van der Waals surface area contributed by atoms with Crippen molar-refractivity contribution in [3.63, 3.8) is 0 Å². The fourth-order valence-corrected chi connectivity index (χ4v) is 8.23. The number of rotatable bonds is 3. The second kappa shape index (κ2) is 10.9. The van der Waals surface area contributed by atoms with Gasteiger partial charge in [0.25, 0.3) is 0 Å². The Balaban J connectivity index is 1.06. The standard InChI is InChI=1S/C49H28N2O/c1-50-38-20-22-46-43(29-38)42-25-35(19-21-45(42)51(46)39-12-3-2-4-13-39)33-15-16-34-24-37(18-17-32(34)23-33)41-27-36-11-7-8-14-40(36)48-44-26-30-9-5-6-10-31(30)28-47(44)52-49(41)48/h2-29H. The number of hydrogen-bond donors (Lipinski definition) is 0. The Morgan fingerprint density at radius 2 is 1.06 bits per heavy atom. The van der Waals surface area contributed by atoms with Gasteiger partial charge in [0.15, 0.2) is 5.69 Å². The number of nitrogens with zero attached hydrogens (tertiary/aromatic N) is 2. The van der Waals surface area contributed by atoms with Crippen LogP contribution in [0.2, 0.25) is 0 Å². The molecule has 0 aliphatic rings. The molecule has 3 nitrogen and oxygen atoms in total. The molecule has 9 aromatic carbocycles. The van der Waals surface area contributed by atoms with Gasteiger partial charge in [-0.15, -0.1) is 0 Å². The van der Waals surface area contributed by atoms with Gasteiger partial charge in [-0.05, 0) is 121 Å². The van der Waals surface area contributed by atoms with Crippen molar-refractivity contribution in [2.45, 2.75) is 0 Å². The molecule has 11 aromatic rings. The maximum Gasteiger partial charge on any atom is 0.188 e. The first-order valence-corrected chi connectivity index (χ1v) is 17.5. The molecule has 0 aliphatic heterocycles. The minimum absolute atomic E-state index is 0.645. The Morgan fingerprint density at radius 1 is 0.442 bits per heavy atom. The maximum absolute atomic E-state index is 7.66. The van der Waals surface area contributed by atoms with E-state index in [1.54, 1.807) is 0 Å². The van der Waals surface area contributed by atoms with Crippen LogP contribution >= 0.6 is 0 Å². The van der Waals surface area contributed by atoms with Gasteiger partial charge < -0.3 is 8.98 Å². The monoisotopic (exact) mass is 660 g/mol. The van der Waals surface area contributed by atoms with Crippen molar-refractivity contribution < 1.29 is 4.42 Å². The Hall–Kier alpha value is -7.15. The van der Waals surface area contributed by atoms with Crippen molar-refractivity contribution in [3.05, 3.63) is 181 Å². The highest BCUT2D eigenvalue weighted by Gasteiger charge is 2.18. The van der Waals surface area contributed by atoms with E-state index in [0.717, 1.165) is 71.7 Å². The van der Waals surface area contributed by atoms with Crippen LogP contribution < -0.4 is 0 Å². The lowest BCUT2D eigenvalue weighted by Gasteiger charge is -2.10. The number of hydrogen-bond acceptors (Lipinski definition) is 1. The second-order valence-electron chi connectivity index (χ2n) is 13.6. The fourth-order valence-electron chi connectivity index (χ4n) is 8.23. The predicted molar refractivity (Wildman–Crippen MR) is 218 cm³/mol. The van der Waals surface area contributed by atoms with Crippen LogP contribution in [0.3, 0.4) is 0 Å². The smallest absolute Gasteiger partial charge is 0.188 e. The number of furan rings is 1. The van der Waals surface area contributed by atoms with Gasteiger partial charge in [0, 0.05) is 27.4 Å². The van der Waals surface area contributed by atoms with Crippen molar-refractivity contribution >= 4 is 81.7 Å². The largest absolute Gasteiger partial charge is 0.455 e. The van der Waals surface area contributed by atoms with Crippen molar-refractivity contribution in [2.75, 3.05) is 0 Å². The van der Waals surface area contributed by atoms with Crippen LogP contribution in [-0.2, 0) is 0 Å². The highest BCUT2D eigenvalue weighted by atomic mass is 16.3. The number of para-hydroxylation sites is 1. The van der Waals surface area contributed by atoms with E-state index in [1.165, 1.54) is 32.3 Å². The summed E-state index contributed by atoms with van der Waals surface area (Å²) < 4.78 is 9.03. The van der Waals surface area contributed by atoms with E-state index in [2.05, 4.69) is 161 Å². The third-order valence-corrected chi connectivity index (χ3v) is 10.7. The van der Waals surface area contributed by atoms with Gasteiger partial charge >= 0.3 is 0 Å². The lowest BCUT2D eigenvalue weighted by Crippen LogP contribution is -1.92. The van der Waals surface area contributed by atoms with Crippen molar-refractivity contribution in [2.24, 2.45) is 0 Å². The summed E-state index contributed by atoms with van der Waals surface area (Å²) >= 11 is 0. The van der Waals surface area contributed by atoms with E-state index in [4.69, 9.17) is 11.0 Å². The zero-order valence-electron chi connectivity index (χ0n) is 28.0. The first kappa shape index (κ1) is 28.7. The van der Waals surface area contributed by atoms with Crippen molar-refractivity contribution in [3.8, 4) is 27.9 Å². The molecule has 0 N–H and O–H groups in total. The van der Waals surface area contributed by atoms with Gasteiger partial charge in [-0.1, -0.05) is 103 Å². The highest BCUT2D eigenvalue weighted by Crippen LogP contribution is 2.43. The van der Waals surface area contributed by atoms with Gasteiger partial charge in [0.2, 0.25) is 0 Å². The molecule has 0 bridgehead atoms. The van der Waals surface area contributed by atoms with Gasteiger partial charge in [-0.2, -0.15) is 0 Å². The van der Waals surface area contributed by atoms with Crippen LogP contribution in [0.25, 0.3) is 109 Å².